The largest absolute Gasteiger partial charge is 0.362 e. The standard InChI is InChI=1S/C19H24N4S/c1-15-6-4-9-18(21-15)22-19(24)20-11-5-12-23-13-10-16-7-2-3-8-17(16)14-23/h2-4,6-9H,5,10-14H2,1H3,(H2,20,21,22,24). The van der Waals surface area contributed by atoms with Gasteiger partial charge in [0.2, 0.25) is 0 Å². The van der Waals surface area contributed by atoms with Gasteiger partial charge in [-0.1, -0.05) is 30.3 Å². The normalized spacial score (nSPS) is 14.0. The van der Waals surface area contributed by atoms with E-state index in [9.17, 15) is 0 Å². The molecular weight excluding hydrogens is 316 g/mol. The lowest BCUT2D eigenvalue weighted by Crippen LogP contribution is -2.35. The second kappa shape index (κ2) is 8.22. The fourth-order valence-corrected chi connectivity index (χ4v) is 3.23. The van der Waals surface area contributed by atoms with E-state index in [0.29, 0.717) is 5.11 Å². The summed E-state index contributed by atoms with van der Waals surface area (Å²) in [6.45, 7) is 6.14. The third-order valence-electron chi connectivity index (χ3n) is 4.28. The molecule has 5 heteroatoms. The monoisotopic (exact) mass is 340 g/mol. The Kier molecular flexibility index (Phi) is 5.77. The van der Waals surface area contributed by atoms with Crippen molar-refractivity contribution in [1.29, 1.82) is 0 Å². The summed E-state index contributed by atoms with van der Waals surface area (Å²) in [5.74, 6) is 0.792. The zero-order valence-electron chi connectivity index (χ0n) is 14.1. The molecular formula is C19H24N4S. The van der Waals surface area contributed by atoms with E-state index in [1.165, 1.54) is 11.1 Å². The van der Waals surface area contributed by atoms with E-state index < -0.39 is 0 Å². The highest BCUT2D eigenvalue weighted by Crippen LogP contribution is 2.18. The fraction of sp³-hybridized carbons (Fsp3) is 0.368. The lowest BCUT2D eigenvalue weighted by Gasteiger charge is -2.28. The third-order valence-corrected chi connectivity index (χ3v) is 4.52. The molecule has 2 heterocycles. The maximum absolute atomic E-state index is 5.33. The number of pyridine rings is 1. The first-order valence-corrected chi connectivity index (χ1v) is 8.89. The highest BCUT2D eigenvalue weighted by Gasteiger charge is 2.14. The lowest BCUT2D eigenvalue weighted by atomic mass is 10.00. The number of anilines is 1. The minimum absolute atomic E-state index is 0.636. The predicted molar refractivity (Wildman–Crippen MR) is 103 cm³/mol. The maximum atomic E-state index is 5.33. The number of thiocarbonyl (C=S) groups is 1. The van der Waals surface area contributed by atoms with E-state index in [-0.39, 0.29) is 0 Å². The van der Waals surface area contributed by atoms with Crippen LogP contribution >= 0.6 is 12.2 Å². The molecule has 126 valence electrons. The Morgan fingerprint density at radius 1 is 1.17 bits per heavy atom. The molecule has 0 saturated heterocycles. The molecule has 0 amide bonds. The van der Waals surface area contributed by atoms with Crippen LogP contribution in [0.25, 0.3) is 0 Å². The smallest absolute Gasteiger partial charge is 0.171 e. The second-order valence-corrected chi connectivity index (χ2v) is 6.60. The molecule has 3 rings (SSSR count). The van der Waals surface area contributed by atoms with E-state index in [2.05, 4.69) is 44.8 Å². The summed E-state index contributed by atoms with van der Waals surface area (Å²) in [4.78, 5) is 6.91. The first-order valence-electron chi connectivity index (χ1n) is 8.48. The van der Waals surface area contributed by atoms with Crippen LogP contribution in [-0.4, -0.2) is 34.6 Å². The Morgan fingerprint density at radius 2 is 2.00 bits per heavy atom. The van der Waals surface area contributed by atoms with Crippen molar-refractivity contribution in [2.75, 3.05) is 25.0 Å². The van der Waals surface area contributed by atoms with Gasteiger partial charge >= 0.3 is 0 Å². The van der Waals surface area contributed by atoms with Crippen molar-refractivity contribution < 1.29 is 0 Å². The Labute approximate surface area is 149 Å². The zero-order chi connectivity index (χ0) is 16.8. The molecule has 24 heavy (non-hydrogen) atoms. The molecule has 2 aromatic rings. The van der Waals surface area contributed by atoms with Crippen molar-refractivity contribution in [2.24, 2.45) is 0 Å². The van der Waals surface area contributed by atoms with Gasteiger partial charge in [0.05, 0.1) is 0 Å². The summed E-state index contributed by atoms with van der Waals surface area (Å²) in [7, 11) is 0. The van der Waals surface area contributed by atoms with Crippen LogP contribution in [0.4, 0.5) is 5.82 Å². The minimum atomic E-state index is 0.636. The Morgan fingerprint density at radius 3 is 2.83 bits per heavy atom. The average molecular weight is 340 g/mol. The molecule has 1 aliphatic rings. The molecule has 1 aliphatic heterocycles. The number of nitrogens with zero attached hydrogens (tertiary/aromatic N) is 2. The van der Waals surface area contributed by atoms with E-state index in [1.54, 1.807) is 0 Å². The van der Waals surface area contributed by atoms with Crippen LogP contribution in [0.15, 0.2) is 42.5 Å². The van der Waals surface area contributed by atoms with Crippen LogP contribution in [0.1, 0.15) is 23.2 Å². The average Bonchev–Trinajstić information content (AvgIpc) is 2.58. The highest BCUT2D eigenvalue weighted by atomic mass is 32.1. The number of hydrogen-bond acceptors (Lipinski definition) is 3. The molecule has 1 aromatic heterocycles. The van der Waals surface area contributed by atoms with Crippen molar-refractivity contribution in [3.8, 4) is 0 Å². The number of hydrogen-bond donors (Lipinski definition) is 2. The molecule has 0 saturated carbocycles. The van der Waals surface area contributed by atoms with E-state index in [1.807, 2.05) is 25.1 Å². The summed E-state index contributed by atoms with van der Waals surface area (Å²) < 4.78 is 0. The van der Waals surface area contributed by atoms with Gasteiger partial charge in [0.1, 0.15) is 5.82 Å². The van der Waals surface area contributed by atoms with Gasteiger partial charge in [-0.3, -0.25) is 4.90 Å². The van der Waals surface area contributed by atoms with Gasteiger partial charge in [0.25, 0.3) is 0 Å². The molecule has 2 N–H and O–H groups in total. The van der Waals surface area contributed by atoms with Gasteiger partial charge in [-0.25, -0.2) is 4.98 Å². The first kappa shape index (κ1) is 16.9. The van der Waals surface area contributed by atoms with E-state index >= 15 is 0 Å². The SMILES string of the molecule is Cc1cccc(NC(=S)NCCCN2CCc3ccccc3C2)n1. The maximum Gasteiger partial charge on any atom is 0.171 e. The molecule has 0 spiro atoms. The van der Waals surface area contributed by atoms with Crippen LogP contribution in [0.2, 0.25) is 0 Å². The van der Waals surface area contributed by atoms with Gasteiger partial charge in [-0.05, 0) is 55.2 Å². The number of aryl methyl sites for hydroxylation is 1. The zero-order valence-corrected chi connectivity index (χ0v) is 14.9. The van der Waals surface area contributed by atoms with Crippen molar-refractivity contribution in [1.82, 2.24) is 15.2 Å². The van der Waals surface area contributed by atoms with Crippen LogP contribution < -0.4 is 10.6 Å². The topological polar surface area (TPSA) is 40.2 Å². The van der Waals surface area contributed by atoms with Gasteiger partial charge < -0.3 is 10.6 Å². The Balaban J connectivity index is 1.36. The number of nitrogens with one attached hydrogen (secondary N) is 2. The van der Waals surface area contributed by atoms with Gasteiger partial charge in [-0.15, -0.1) is 0 Å². The van der Waals surface area contributed by atoms with Crippen LogP contribution in [0, 0.1) is 6.92 Å². The second-order valence-electron chi connectivity index (χ2n) is 6.19. The number of rotatable bonds is 5. The number of benzene rings is 1. The summed E-state index contributed by atoms with van der Waals surface area (Å²) in [5, 5.41) is 7.03. The Bertz CT molecular complexity index is 701. The highest BCUT2D eigenvalue weighted by molar-refractivity contribution is 7.80. The predicted octanol–water partition coefficient (Wildman–Crippen LogP) is 3.12. The van der Waals surface area contributed by atoms with Gasteiger partial charge in [-0.2, -0.15) is 0 Å². The van der Waals surface area contributed by atoms with E-state index in [0.717, 1.165) is 50.5 Å². The van der Waals surface area contributed by atoms with Crippen molar-refractivity contribution in [2.45, 2.75) is 26.3 Å². The number of aromatic nitrogens is 1. The molecule has 4 nitrogen and oxygen atoms in total. The molecule has 0 atom stereocenters. The molecule has 0 aliphatic carbocycles. The summed E-state index contributed by atoms with van der Waals surface area (Å²) in [5.41, 5.74) is 3.95. The number of fused-ring (bicyclic) bond motifs is 1. The van der Waals surface area contributed by atoms with Crippen LogP contribution in [-0.2, 0) is 13.0 Å². The van der Waals surface area contributed by atoms with Crippen LogP contribution in [0.3, 0.4) is 0 Å². The van der Waals surface area contributed by atoms with Gasteiger partial charge in [0.15, 0.2) is 5.11 Å². The van der Waals surface area contributed by atoms with Crippen molar-refractivity contribution in [3.05, 3.63) is 59.3 Å². The first-order chi connectivity index (χ1) is 11.7. The summed E-state index contributed by atoms with van der Waals surface area (Å²) in [6, 6.07) is 14.6. The summed E-state index contributed by atoms with van der Waals surface area (Å²) in [6.07, 6.45) is 2.23. The molecule has 0 unspecified atom stereocenters. The fourth-order valence-electron chi connectivity index (χ4n) is 3.02. The third kappa shape index (κ3) is 4.76. The van der Waals surface area contributed by atoms with Gasteiger partial charge in [0, 0.05) is 31.9 Å². The molecule has 0 fully saturated rings. The van der Waals surface area contributed by atoms with Crippen molar-refractivity contribution >= 4 is 23.1 Å². The lowest BCUT2D eigenvalue weighted by molar-refractivity contribution is 0.251. The molecule has 0 radical (unpaired) electrons. The molecule has 0 bridgehead atoms. The Hall–Kier alpha value is -1.98. The quantitative estimate of drug-likeness (QED) is 0.646. The van der Waals surface area contributed by atoms with Crippen molar-refractivity contribution in [3.63, 3.8) is 0 Å². The molecule has 1 aromatic carbocycles. The minimum Gasteiger partial charge on any atom is -0.362 e. The van der Waals surface area contributed by atoms with E-state index in [4.69, 9.17) is 12.2 Å². The van der Waals surface area contributed by atoms with Crippen LogP contribution in [0.5, 0.6) is 0 Å². The summed E-state index contributed by atoms with van der Waals surface area (Å²) >= 11 is 5.33.